The molecule has 8 nitrogen and oxygen atoms in total. The van der Waals surface area contributed by atoms with E-state index in [0.717, 1.165) is 12.8 Å². The molecule has 0 bridgehead atoms. The van der Waals surface area contributed by atoms with Gasteiger partial charge in [-0.15, -0.1) is 0 Å². The molecule has 2 amide bonds. The maximum absolute atomic E-state index is 12.2. The van der Waals surface area contributed by atoms with Gasteiger partial charge in [0.2, 0.25) is 5.91 Å². The lowest BCUT2D eigenvalue weighted by atomic mass is 10.1. The number of amides is 2. The Morgan fingerprint density at radius 1 is 1.22 bits per heavy atom. The molecule has 23 heavy (non-hydrogen) atoms. The normalized spacial score (nSPS) is 12.6. The first-order valence-electron chi connectivity index (χ1n) is 7.96. The highest BCUT2D eigenvalue weighted by Gasteiger charge is 2.23. The summed E-state index contributed by atoms with van der Waals surface area (Å²) in [6.45, 7) is 6.59. The number of aliphatic hydroxyl groups is 1. The van der Waals surface area contributed by atoms with E-state index in [1.165, 1.54) is 0 Å². The predicted molar refractivity (Wildman–Crippen MR) is 87.0 cm³/mol. The van der Waals surface area contributed by atoms with Crippen LogP contribution in [0, 0.1) is 0 Å². The van der Waals surface area contributed by atoms with Crippen LogP contribution in [0.3, 0.4) is 0 Å². The van der Waals surface area contributed by atoms with Gasteiger partial charge in [-0.05, 0) is 46.6 Å². The fraction of sp³-hybridized carbons (Fsp3) is 0.867. The highest BCUT2D eigenvalue weighted by atomic mass is 16.6. The standard InChI is InChI=1S/C15H31N3O5/c1-15(2,3)23-14(21)18-12(6-4-5-7-16)13(20)17-8-10-22-11-9-19/h12,19H,4-11,16H2,1-3H3,(H,17,20)(H,18,21)/t12-/m0/s1. The lowest BCUT2D eigenvalue weighted by Gasteiger charge is -2.23. The minimum Gasteiger partial charge on any atom is -0.444 e. The predicted octanol–water partition coefficient (Wildman–Crippen LogP) is 0.134. The van der Waals surface area contributed by atoms with Gasteiger partial charge in [-0.3, -0.25) is 4.79 Å². The fourth-order valence-electron chi connectivity index (χ4n) is 1.75. The van der Waals surface area contributed by atoms with E-state index in [4.69, 9.17) is 20.3 Å². The van der Waals surface area contributed by atoms with E-state index in [1.807, 2.05) is 0 Å². The number of carbonyl (C=O) groups excluding carboxylic acids is 2. The van der Waals surface area contributed by atoms with Crippen LogP contribution < -0.4 is 16.4 Å². The van der Waals surface area contributed by atoms with Crippen molar-refractivity contribution >= 4 is 12.0 Å². The molecule has 0 heterocycles. The highest BCUT2D eigenvalue weighted by molar-refractivity contribution is 5.85. The molecule has 0 saturated heterocycles. The molecule has 0 aliphatic carbocycles. The molecule has 0 aromatic heterocycles. The minimum absolute atomic E-state index is 0.0597. The first-order valence-corrected chi connectivity index (χ1v) is 7.96. The summed E-state index contributed by atoms with van der Waals surface area (Å²) in [6.07, 6.45) is 1.37. The Hall–Kier alpha value is -1.38. The minimum atomic E-state index is -0.672. The maximum Gasteiger partial charge on any atom is 0.408 e. The fourth-order valence-corrected chi connectivity index (χ4v) is 1.75. The SMILES string of the molecule is CC(C)(C)OC(=O)N[C@@H](CCCCN)C(=O)NCCOCCO. The van der Waals surface area contributed by atoms with Crippen molar-refractivity contribution < 1.29 is 24.2 Å². The lowest BCUT2D eigenvalue weighted by molar-refractivity contribution is -0.123. The average molecular weight is 333 g/mol. The average Bonchev–Trinajstić information content (AvgIpc) is 2.44. The van der Waals surface area contributed by atoms with Gasteiger partial charge in [-0.1, -0.05) is 0 Å². The molecule has 8 heteroatoms. The van der Waals surface area contributed by atoms with Crippen molar-refractivity contribution in [2.24, 2.45) is 5.73 Å². The first-order chi connectivity index (χ1) is 10.8. The number of hydrogen-bond acceptors (Lipinski definition) is 6. The van der Waals surface area contributed by atoms with Crippen LogP contribution in [0.4, 0.5) is 4.79 Å². The summed E-state index contributed by atoms with van der Waals surface area (Å²) >= 11 is 0. The second-order valence-corrected chi connectivity index (χ2v) is 6.11. The molecule has 0 aromatic rings. The number of hydrogen-bond donors (Lipinski definition) is 4. The second kappa shape index (κ2) is 12.1. The summed E-state index contributed by atoms with van der Waals surface area (Å²) in [4.78, 5) is 24.0. The number of unbranched alkanes of at least 4 members (excludes halogenated alkanes) is 1. The van der Waals surface area contributed by atoms with Gasteiger partial charge in [-0.2, -0.15) is 0 Å². The van der Waals surface area contributed by atoms with Crippen molar-refractivity contribution in [2.75, 3.05) is 32.9 Å². The van der Waals surface area contributed by atoms with Gasteiger partial charge in [0.05, 0.1) is 19.8 Å². The topological polar surface area (TPSA) is 123 Å². The number of carbonyl (C=O) groups is 2. The molecule has 136 valence electrons. The van der Waals surface area contributed by atoms with E-state index >= 15 is 0 Å². The summed E-state index contributed by atoms with van der Waals surface area (Å²) in [7, 11) is 0. The lowest BCUT2D eigenvalue weighted by Crippen LogP contribution is -2.48. The number of rotatable bonds is 11. The van der Waals surface area contributed by atoms with Crippen molar-refractivity contribution in [3.05, 3.63) is 0 Å². The largest absolute Gasteiger partial charge is 0.444 e. The van der Waals surface area contributed by atoms with Gasteiger partial charge in [0, 0.05) is 6.54 Å². The van der Waals surface area contributed by atoms with E-state index in [1.54, 1.807) is 20.8 Å². The van der Waals surface area contributed by atoms with Gasteiger partial charge in [-0.25, -0.2) is 4.79 Å². The molecular formula is C15H31N3O5. The van der Waals surface area contributed by atoms with E-state index < -0.39 is 17.7 Å². The molecule has 0 spiro atoms. The molecule has 5 N–H and O–H groups in total. The number of ether oxygens (including phenoxy) is 2. The van der Waals surface area contributed by atoms with Gasteiger partial charge in [0.25, 0.3) is 0 Å². The zero-order valence-electron chi connectivity index (χ0n) is 14.4. The Kier molecular flexibility index (Phi) is 11.4. The molecule has 0 aliphatic heterocycles. The highest BCUT2D eigenvalue weighted by Crippen LogP contribution is 2.08. The van der Waals surface area contributed by atoms with E-state index in [-0.39, 0.29) is 19.1 Å². The molecular weight excluding hydrogens is 302 g/mol. The van der Waals surface area contributed by atoms with E-state index in [2.05, 4.69) is 10.6 Å². The molecule has 0 fully saturated rings. The van der Waals surface area contributed by atoms with Crippen molar-refractivity contribution in [2.45, 2.75) is 51.7 Å². The number of aliphatic hydroxyl groups excluding tert-OH is 1. The molecule has 0 unspecified atom stereocenters. The number of nitrogens with one attached hydrogen (secondary N) is 2. The Morgan fingerprint density at radius 3 is 2.48 bits per heavy atom. The zero-order chi connectivity index (χ0) is 17.7. The molecule has 0 saturated carbocycles. The smallest absolute Gasteiger partial charge is 0.408 e. The third-order valence-electron chi connectivity index (χ3n) is 2.74. The summed E-state index contributed by atoms with van der Waals surface area (Å²) in [6, 6.07) is -0.672. The van der Waals surface area contributed by atoms with Crippen LogP contribution in [-0.2, 0) is 14.3 Å². The maximum atomic E-state index is 12.2. The van der Waals surface area contributed by atoms with Crippen LogP contribution >= 0.6 is 0 Å². The molecule has 0 aliphatic rings. The van der Waals surface area contributed by atoms with Crippen molar-refractivity contribution in [3.8, 4) is 0 Å². The number of alkyl carbamates (subject to hydrolysis) is 1. The number of nitrogens with two attached hydrogens (primary N) is 1. The van der Waals surface area contributed by atoms with Crippen LogP contribution in [0.1, 0.15) is 40.0 Å². The first kappa shape index (κ1) is 21.6. The van der Waals surface area contributed by atoms with Crippen molar-refractivity contribution in [1.29, 1.82) is 0 Å². The molecule has 0 aromatic carbocycles. The Bertz CT molecular complexity index is 344. The van der Waals surface area contributed by atoms with Crippen molar-refractivity contribution in [3.63, 3.8) is 0 Å². The molecule has 0 rings (SSSR count). The van der Waals surface area contributed by atoms with Gasteiger partial charge < -0.3 is 30.9 Å². The van der Waals surface area contributed by atoms with Gasteiger partial charge in [0.1, 0.15) is 11.6 Å². The van der Waals surface area contributed by atoms with E-state index in [0.29, 0.717) is 26.1 Å². The summed E-state index contributed by atoms with van der Waals surface area (Å²) in [5.74, 6) is -0.291. The third kappa shape index (κ3) is 12.8. The molecule has 0 radical (unpaired) electrons. The van der Waals surface area contributed by atoms with Crippen LogP contribution in [0.2, 0.25) is 0 Å². The van der Waals surface area contributed by atoms with Crippen molar-refractivity contribution in [1.82, 2.24) is 10.6 Å². The van der Waals surface area contributed by atoms with E-state index in [9.17, 15) is 9.59 Å². The van der Waals surface area contributed by atoms with Crippen LogP contribution in [0.15, 0.2) is 0 Å². The summed E-state index contributed by atoms with van der Waals surface area (Å²) in [5.41, 5.74) is 4.83. The Morgan fingerprint density at radius 2 is 1.91 bits per heavy atom. The van der Waals surface area contributed by atoms with Gasteiger partial charge in [0.15, 0.2) is 0 Å². The Balaban J connectivity index is 4.36. The monoisotopic (exact) mass is 333 g/mol. The van der Waals surface area contributed by atoms with Crippen LogP contribution in [0.5, 0.6) is 0 Å². The summed E-state index contributed by atoms with van der Waals surface area (Å²) < 4.78 is 10.2. The van der Waals surface area contributed by atoms with Crippen LogP contribution in [0.25, 0.3) is 0 Å². The van der Waals surface area contributed by atoms with Gasteiger partial charge >= 0.3 is 6.09 Å². The second-order valence-electron chi connectivity index (χ2n) is 6.11. The van der Waals surface area contributed by atoms with Crippen LogP contribution in [-0.4, -0.2) is 61.7 Å². The molecule has 1 atom stereocenters. The third-order valence-corrected chi connectivity index (χ3v) is 2.74. The summed E-state index contributed by atoms with van der Waals surface area (Å²) in [5, 5.41) is 13.9. The zero-order valence-corrected chi connectivity index (χ0v) is 14.4. The quantitative estimate of drug-likeness (QED) is 0.399. The Labute approximate surface area is 138 Å².